The highest BCUT2D eigenvalue weighted by Gasteiger charge is 1.96. The van der Waals surface area contributed by atoms with Crippen LogP contribution >= 0.6 is 0 Å². The van der Waals surface area contributed by atoms with Crippen molar-refractivity contribution in [3.63, 3.8) is 0 Å². The molecule has 66 valence electrons. The first kappa shape index (κ1) is 8.97. The van der Waals surface area contributed by atoms with Crippen molar-refractivity contribution in [2.75, 3.05) is 0 Å². The fourth-order valence-corrected chi connectivity index (χ4v) is 1.12. The van der Waals surface area contributed by atoms with Gasteiger partial charge in [0.1, 0.15) is 0 Å². The molecule has 12 heavy (non-hydrogen) atoms. The van der Waals surface area contributed by atoms with Crippen LogP contribution in [0.25, 0.3) is 0 Å². The lowest BCUT2D eigenvalue weighted by molar-refractivity contribution is 0.710. The van der Waals surface area contributed by atoms with Gasteiger partial charge in [0.2, 0.25) is 0 Å². The molecule has 3 nitrogen and oxygen atoms in total. The Morgan fingerprint density at radius 1 is 1.50 bits per heavy atom. The smallest absolute Gasteiger partial charge is 0.253 e. The molecular formula is C9H14N2O. The van der Waals surface area contributed by atoms with Gasteiger partial charge in [0.25, 0.3) is 5.56 Å². The molecule has 0 unspecified atom stereocenters. The SMILES string of the molecule is CCCCCc1cnc[nH]c1=O. The summed E-state index contributed by atoms with van der Waals surface area (Å²) in [6, 6.07) is 0. The van der Waals surface area contributed by atoms with E-state index in [1.807, 2.05) is 0 Å². The van der Waals surface area contributed by atoms with Gasteiger partial charge in [-0.25, -0.2) is 4.98 Å². The van der Waals surface area contributed by atoms with Gasteiger partial charge in [-0.3, -0.25) is 4.79 Å². The van der Waals surface area contributed by atoms with E-state index < -0.39 is 0 Å². The average molecular weight is 166 g/mol. The zero-order chi connectivity index (χ0) is 8.81. The fraction of sp³-hybridized carbons (Fsp3) is 0.556. The molecule has 0 saturated heterocycles. The Labute approximate surface area is 71.9 Å². The maximum absolute atomic E-state index is 11.1. The van der Waals surface area contributed by atoms with Crippen molar-refractivity contribution >= 4 is 0 Å². The fourth-order valence-electron chi connectivity index (χ4n) is 1.12. The lowest BCUT2D eigenvalue weighted by Gasteiger charge is -1.96. The van der Waals surface area contributed by atoms with E-state index in [1.54, 1.807) is 6.20 Å². The molecule has 1 aromatic heterocycles. The minimum Gasteiger partial charge on any atom is -0.313 e. The number of aromatic amines is 1. The first-order valence-corrected chi connectivity index (χ1v) is 4.36. The van der Waals surface area contributed by atoms with Crippen LogP contribution < -0.4 is 5.56 Å². The van der Waals surface area contributed by atoms with E-state index >= 15 is 0 Å². The molecule has 0 aliphatic rings. The molecule has 1 aromatic rings. The van der Waals surface area contributed by atoms with Gasteiger partial charge in [0.05, 0.1) is 6.33 Å². The quantitative estimate of drug-likeness (QED) is 0.689. The summed E-state index contributed by atoms with van der Waals surface area (Å²) in [5.41, 5.74) is 0.798. The molecule has 0 atom stereocenters. The molecule has 0 spiro atoms. The maximum atomic E-state index is 11.1. The number of H-pyrrole nitrogens is 1. The molecule has 1 N–H and O–H groups in total. The highest BCUT2D eigenvalue weighted by atomic mass is 16.1. The predicted molar refractivity (Wildman–Crippen MR) is 48.1 cm³/mol. The summed E-state index contributed by atoms with van der Waals surface area (Å²) in [5.74, 6) is 0. The summed E-state index contributed by atoms with van der Waals surface area (Å²) in [4.78, 5) is 17.5. The van der Waals surface area contributed by atoms with Gasteiger partial charge in [-0.2, -0.15) is 0 Å². The van der Waals surface area contributed by atoms with Crippen LogP contribution in [-0.4, -0.2) is 9.97 Å². The molecule has 0 fully saturated rings. The number of hydrogen-bond donors (Lipinski definition) is 1. The van der Waals surface area contributed by atoms with Crippen LogP contribution in [0.2, 0.25) is 0 Å². The standard InChI is InChI=1S/C9H14N2O/c1-2-3-4-5-8-6-10-7-11-9(8)12/h6-7H,2-5H2,1H3,(H,10,11,12). The molecule has 0 aliphatic heterocycles. The third-order valence-electron chi connectivity index (χ3n) is 1.84. The highest BCUT2D eigenvalue weighted by molar-refractivity contribution is 5.02. The molecule has 1 heterocycles. The molecule has 3 heteroatoms. The van der Waals surface area contributed by atoms with E-state index in [0.29, 0.717) is 0 Å². The second kappa shape index (κ2) is 4.70. The van der Waals surface area contributed by atoms with E-state index in [9.17, 15) is 4.79 Å². The number of unbranched alkanes of at least 4 members (excludes halogenated alkanes) is 2. The molecule has 0 amide bonds. The van der Waals surface area contributed by atoms with Crippen LogP contribution in [0.5, 0.6) is 0 Å². The number of aryl methyl sites for hydroxylation is 1. The Hall–Kier alpha value is -1.12. The number of nitrogens with one attached hydrogen (secondary N) is 1. The van der Waals surface area contributed by atoms with E-state index in [2.05, 4.69) is 16.9 Å². The van der Waals surface area contributed by atoms with Crippen molar-refractivity contribution in [3.8, 4) is 0 Å². The second-order valence-corrected chi connectivity index (χ2v) is 2.86. The molecule has 0 bridgehead atoms. The summed E-state index contributed by atoms with van der Waals surface area (Å²) < 4.78 is 0. The minimum absolute atomic E-state index is 0.00102. The lowest BCUT2D eigenvalue weighted by atomic mass is 10.1. The predicted octanol–water partition coefficient (Wildman–Crippen LogP) is 1.50. The van der Waals surface area contributed by atoms with Crippen molar-refractivity contribution in [1.82, 2.24) is 9.97 Å². The normalized spacial score (nSPS) is 10.1. The van der Waals surface area contributed by atoms with E-state index in [-0.39, 0.29) is 5.56 Å². The van der Waals surface area contributed by atoms with E-state index in [4.69, 9.17) is 0 Å². The lowest BCUT2D eigenvalue weighted by Crippen LogP contribution is -2.11. The summed E-state index contributed by atoms with van der Waals surface area (Å²) in [6.07, 6.45) is 7.34. The van der Waals surface area contributed by atoms with Crippen LogP contribution in [0.15, 0.2) is 17.3 Å². The summed E-state index contributed by atoms with van der Waals surface area (Å²) in [7, 11) is 0. The van der Waals surface area contributed by atoms with Crippen molar-refractivity contribution in [3.05, 3.63) is 28.4 Å². The van der Waals surface area contributed by atoms with E-state index in [1.165, 1.54) is 19.2 Å². The van der Waals surface area contributed by atoms with Crippen molar-refractivity contribution < 1.29 is 0 Å². The topological polar surface area (TPSA) is 45.8 Å². The van der Waals surface area contributed by atoms with Crippen molar-refractivity contribution in [2.45, 2.75) is 32.6 Å². The molecular weight excluding hydrogens is 152 g/mol. The van der Waals surface area contributed by atoms with Crippen LogP contribution in [0.3, 0.4) is 0 Å². The van der Waals surface area contributed by atoms with Crippen LogP contribution in [0.4, 0.5) is 0 Å². The number of aromatic nitrogens is 2. The Bertz CT molecular complexity index is 280. The molecule has 1 rings (SSSR count). The van der Waals surface area contributed by atoms with Crippen LogP contribution in [0, 0.1) is 0 Å². The van der Waals surface area contributed by atoms with Gasteiger partial charge in [-0.1, -0.05) is 19.8 Å². The number of hydrogen-bond acceptors (Lipinski definition) is 2. The maximum Gasteiger partial charge on any atom is 0.253 e. The third kappa shape index (κ3) is 2.49. The van der Waals surface area contributed by atoms with Crippen LogP contribution in [0.1, 0.15) is 31.7 Å². The largest absolute Gasteiger partial charge is 0.313 e. The second-order valence-electron chi connectivity index (χ2n) is 2.86. The van der Waals surface area contributed by atoms with Gasteiger partial charge in [0, 0.05) is 11.8 Å². The Balaban J connectivity index is 2.52. The van der Waals surface area contributed by atoms with Gasteiger partial charge >= 0.3 is 0 Å². The van der Waals surface area contributed by atoms with Gasteiger partial charge in [-0.15, -0.1) is 0 Å². The first-order valence-electron chi connectivity index (χ1n) is 4.36. The highest BCUT2D eigenvalue weighted by Crippen LogP contribution is 1.99. The summed E-state index contributed by atoms with van der Waals surface area (Å²) >= 11 is 0. The zero-order valence-corrected chi connectivity index (χ0v) is 7.34. The van der Waals surface area contributed by atoms with Gasteiger partial charge < -0.3 is 4.98 Å². The summed E-state index contributed by atoms with van der Waals surface area (Å²) in [5, 5.41) is 0. The van der Waals surface area contributed by atoms with Gasteiger partial charge in [-0.05, 0) is 12.8 Å². The van der Waals surface area contributed by atoms with E-state index in [0.717, 1.165) is 18.4 Å². The number of nitrogens with zero attached hydrogens (tertiary/aromatic N) is 1. The number of rotatable bonds is 4. The Kier molecular flexibility index (Phi) is 3.51. The van der Waals surface area contributed by atoms with Crippen LogP contribution in [-0.2, 0) is 6.42 Å². The molecule has 0 radical (unpaired) electrons. The molecule has 0 aliphatic carbocycles. The van der Waals surface area contributed by atoms with Crippen molar-refractivity contribution in [1.29, 1.82) is 0 Å². The zero-order valence-electron chi connectivity index (χ0n) is 7.34. The summed E-state index contributed by atoms with van der Waals surface area (Å²) in [6.45, 7) is 2.15. The first-order chi connectivity index (χ1) is 5.84. The van der Waals surface area contributed by atoms with Crippen molar-refractivity contribution in [2.24, 2.45) is 0 Å². The van der Waals surface area contributed by atoms with Gasteiger partial charge in [0.15, 0.2) is 0 Å². The molecule has 0 saturated carbocycles. The monoisotopic (exact) mass is 166 g/mol. The minimum atomic E-state index is 0.00102. The third-order valence-corrected chi connectivity index (χ3v) is 1.84. The Morgan fingerprint density at radius 2 is 2.33 bits per heavy atom. The Morgan fingerprint density at radius 3 is 3.00 bits per heavy atom. The molecule has 0 aromatic carbocycles. The average Bonchev–Trinajstić information content (AvgIpc) is 2.09.